The minimum atomic E-state index is -0.391. The number of unbranched alkanes of at least 4 members (excludes halogenated alkanes) is 1. The fraction of sp³-hybridized carbons (Fsp3) is 0.273. The molecule has 0 fully saturated rings. The number of benzene rings is 2. The third kappa shape index (κ3) is 5.07. The van der Waals surface area contributed by atoms with Gasteiger partial charge in [-0.15, -0.1) is 15.0 Å². The van der Waals surface area contributed by atoms with Crippen molar-refractivity contribution in [2.24, 2.45) is 0 Å². The van der Waals surface area contributed by atoms with Crippen molar-refractivity contribution >= 4 is 22.9 Å². The number of hydrogen-bond donors (Lipinski definition) is 1. The summed E-state index contributed by atoms with van der Waals surface area (Å²) in [5.74, 6) is -0.585. The minimum Gasteiger partial charge on any atom is -0.462 e. The van der Waals surface area contributed by atoms with Crippen LogP contribution in [0.15, 0.2) is 54.6 Å². The molecule has 0 bridgehead atoms. The van der Waals surface area contributed by atoms with Crippen LogP contribution in [0.25, 0.3) is 16.7 Å². The molecule has 0 unspecified atom stereocenters. The molecule has 1 heterocycles. The first-order chi connectivity index (χ1) is 14.0. The van der Waals surface area contributed by atoms with Gasteiger partial charge in [-0.2, -0.15) is 0 Å². The summed E-state index contributed by atoms with van der Waals surface area (Å²) in [7, 11) is 0. The molecule has 0 saturated carbocycles. The highest BCUT2D eigenvalue weighted by molar-refractivity contribution is 5.97. The lowest BCUT2D eigenvalue weighted by molar-refractivity contribution is -0.139. The normalized spacial score (nSPS) is 10.7. The van der Waals surface area contributed by atoms with Gasteiger partial charge in [0.15, 0.2) is 0 Å². The topological polar surface area (TPSA) is 86.1 Å². The van der Waals surface area contributed by atoms with Crippen LogP contribution in [0.5, 0.6) is 0 Å². The monoisotopic (exact) mass is 392 g/mol. The number of fused-ring (bicyclic) bond motifs is 1. The van der Waals surface area contributed by atoms with Gasteiger partial charge in [-0.05, 0) is 56.5 Å². The number of aromatic nitrogens is 3. The number of ether oxygens (including phenoxy) is 1. The number of nitrogens with one attached hydrogen (secondary N) is 1. The standard InChI is InChI=1S/C22H24N4O3/c1-15(2)22(28)29-13-7-6-12-23-21(27)17-11-10-16(3)14-20(17)26-24-18-8-4-5-9-19(18)25-26/h4-5,8-11,14H,1,6-7,12-13H2,2-3H3,(H,23,27). The Kier molecular flexibility index (Phi) is 6.39. The number of aryl methyl sites for hydroxylation is 1. The SMILES string of the molecule is C=C(C)C(=O)OCCCCNC(=O)c1ccc(C)cc1-n1nc2ccccc2n1. The van der Waals surface area contributed by atoms with Crippen LogP contribution in [-0.2, 0) is 9.53 Å². The third-order valence-electron chi connectivity index (χ3n) is 4.34. The smallest absolute Gasteiger partial charge is 0.333 e. The molecule has 1 amide bonds. The Morgan fingerprint density at radius 3 is 2.45 bits per heavy atom. The van der Waals surface area contributed by atoms with Gasteiger partial charge in [-0.3, -0.25) is 4.79 Å². The number of rotatable bonds is 8. The number of carbonyl (C=O) groups is 2. The van der Waals surface area contributed by atoms with Gasteiger partial charge in [0.05, 0.1) is 17.9 Å². The number of carbonyl (C=O) groups excluding carboxylic acids is 2. The van der Waals surface area contributed by atoms with E-state index in [9.17, 15) is 9.59 Å². The second kappa shape index (κ2) is 9.14. The Balaban J connectivity index is 1.64. The molecule has 150 valence electrons. The molecule has 0 saturated heterocycles. The van der Waals surface area contributed by atoms with E-state index in [1.807, 2.05) is 43.3 Å². The van der Waals surface area contributed by atoms with Gasteiger partial charge >= 0.3 is 5.97 Å². The Morgan fingerprint density at radius 1 is 1.10 bits per heavy atom. The molecular weight excluding hydrogens is 368 g/mol. The van der Waals surface area contributed by atoms with Crippen molar-refractivity contribution in [2.45, 2.75) is 26.7 Å². The van der Waals surface area contributed by atoms with E-state index in [1.165, 1.54) is 4.80 Å². The lowest BCUT2D eigenvalue weighted by Crippen LogP contribution is -2.26. The van der Waals surface area contributed by atoms with Gasteiger partial charge in [-0.25, -0.2) is 4.79 Å². The number of nitrogens with zero attached hydrogens (tertiary/aromatic N) is 3. The van der Waals surface area contributed by atoms with Crippen LogP contribution in [0.2, 0.25) is 0 Å². The molecule has 0 aliphatic rings. The summed E-state index contributed by atoms with van der Waals surface area (Å²) in [6.45, 7) is 7.89. The summed E-state index contributed by atoms with van der Waals surface area (Å²) in [5.41, 5.74) is 4.07. The lowest BCUT2D eigenvalue weighted by atomic mass is 10.1. The second-order valence-corrected chi connectivity index (χ2v) is 6.88. The Bertz CT molecular complexity index is 1020. The second-order valence-electron chi connectivity index (χ2n) is 6.88. The van der Waals surface area contributed by atoms with Crippen LogP contribution in [-0.4, -0.2) is 40.0 Å². The van der Waals surface area contributed by atoms with Crippen molar-refractivity contribution in [3.05, 3.63) is 65.7 Å². The highest BCUT2D eigenvalue weighted by Crippen LogP contribution is 2.18. The van der Waals surface area contributed by atoms with E-state index in [4.69, 9.17) is 4.74 Å². The lowest BCUT2D eigenvalue weighted by Gasteiger charge is -2.10. The van der Waals surface area contributed by atoms with Crippen molar-refractivity contribution < 1.29 is 14.3 Å². The third-order valence-corrected chi connectivity index (χ3v) is 4.34. The summed E-state index contributed by atoms with van der Waals surface area (Å²) >= 11 is 0. The molecule has 3 rings (SSSR count). The summed E-state index contributed by atoms with van der Waals surface area (Å²) in [6.07, 6.45) is 1.35. The van der Waals surface area contributed by atoms with Gasteiger partial charge in [-0.1, -0.05) is 24.8 Å². The van der Waals surface area contributed by atoms with Crippen molar-refractivity contribution in [3.63, 3.8) is 0 Å². The Hall–Kier alpha value is -3.48. The predicted octanol–water partition coefficient (Wildman–Crippen LogP) is 3.36. The van der Waals surface area contributed by atoms with E-state index in [0.717, 1.165) is 16.6 Å². The maximum absolute atomic E-state index is 12.7. The van der Waals surface area contributed by atoms with Crippen molar-refractivity contribution in [3.8, 4) is 5.69 Å². The highest BCUT2D eigenvalue weighted by atomic mass is 16.5. The molecule has 29 heavy (non-hydrogen) atoms. The van der Waals surface area contributed by atoms with Crippen LogP contribution >= 0.6 is 0 Å². The molecule has 0 spiro atoms. The fourth-order valence-electron chi connectivity index (χ4n) is 2.78. The Morgan fingerprint density at radius 2 is 1.79 bits per heavy atom. The zero-order valence-corrected chi connectivity index (χ0v) is 16.6. The van der Waals surface area contributed by atoms with Crippen molar-refractivity contribution in [2.75, 3.05) is 13.2 Å². The maximum Gasteiger partial charge on any atom is 0.333 e. The van der Waals surface area contributed by atoms with Crippen molar-refractivity contribution in [1.82, 2.24) is 20.3 Å². The van der Waals surface area contributed by atoms with Crippen LogP contribution in [0, 0.1) is 6.92 Å². The maximum atomic E-state index is 12.7. The fourth-order valence-corrected chi connectivity index (χ4v) is 2.78. The van der Waals surface area contributed by atoms with Gasteiger partial charge in [0.1, 0.15) is 11.0 Å². The first-order valence-electron chi connectivity index (χ1n) is 9.49. The molecule has 0 aliphatic heterocycles. The molecule has 0 atom stereocenters. The van der Waals surface area contributed by atoms with E-state index in [0.29, 0.717) is 42.8 Å². The predicted molar refractivity (Wildman–Crippen MR) is 111 cm³/mol. The number of amides is 1. The van der Waals surface area contributed by atoms with Gasteiger partial charge in [0.2, 0.25) is 0 Å². The van der Waals surface area contributed by atoms with Gasteiger partial charge in [0.25, 0.3) is 5.91 Å². The molecular formula is C22H24N4O3. The highest BCUT2D eigenvalue weighted by Gasteiger charge is 2.15. The average molecular weight is 392 g/mol. The molecule has 3 aromatic rings. The largest absolute Gasteiger partial charge is 0.462 e. The number of hydrogen-bond acceptors (Lipinski definition) is 5. The molecule has 0 radical (unpaired) electrons. The van der Waals surface area contributed by atoms with E-state index >= 15 is 0 Å². The summed E-state index contributed by atoms with van der Waals surface area (Å²) in [5, 5.41) is 11.9. The molecule has 7 heteroatoms. The first-order valence-corrected chi connectivity index (χ1v) is 9.49. The molecule has 7 nitrogen and oxygen atoms in total. The van der Waals surface area contributed by atoms with Crippen LogP contribution in [0.4, 0.5) is 0 Å². The van der Waals surface area contributed by atoms with Crippen LogP contribution in [0.1, 0.15) is 35.7 Å². The quantitative estimate of drug-likeness (QED) is 0.361. The van der Waals surface area contributed by atoms with Crippen LogP contribution in [0.3, 0.4) is 0 Å². The van der Waals surface area contributed by atoms with E-state index in [1.54, 1.807) is 13.0 Å². The average Bonchev–Trinajstić information content (AvgIpc) is 3.14. The first kappa shape index (κ1) is 20.3. The Labute approximate surface area is 169 Å². The van der Waals surface area contributed by atoms with Crippen molar-refractivity contribution in [1.29, 1.82) is 0 Å². The molecule has 2 aromatic carbocycles. The molecule has 0 aliphatic carbocycles. The zero-order valence-electron chi connectivity index (χ0n) is 16.6. The molecule has 1 aromatic heterocycles. The number of esters is 1. The zero-order chi connectivity index (χ0) is 20.8. The van der Waals surface area contributed by atoms with E-state index in [-0.39, 0.29) is 5.91 Å². The molecule has 1 N–H and O–H groups in total. The summed E-state index contributed by atoms with van der Waals surface area (Å²) in [6, 6.07) is 13.1. The van der Waals surface area contributed by atoms with E-state index < -0.39 is 5.97 Å². The summed E-state index contributed by atoms with van der Waals surface area (Å²) < 4.78 is 5.04. The minimum absolute atomic E-state index is 0.194. The van der Waals surface area contributed by atoms with E-state index in [2.05, 4.69) is 22.1 Å². The van der Waals surface area contributed by atoms with Gasteiger partial charge < -0.3 is 10.1 Å². The summed E-state index contributed by atoms with van der Waals surface area (Å²) in [4.78, 5) is 25.5. The van der Waals surface area contributed by atoms with Crippen LogP contribution < -0.4 is 5.32 Å². The van der Waals surface area contributed by atoms with Gasteiger partial charge in [0, 0.05) is 12.1 Å².